The summed E-state index contributed by atoms with van der Waals surface area (Å²) >= 11 is 0. The van der Waals surface area contributed by atoms with Gasteiger partial charge in [0.15, 0.2) is 5.96 Å². The number of rotatable bonds is 5. The van der Waals surface area contributed by atoms with Crippen LogP contribution in [0, 0.1) is 0 Å². The first kappa shape index (κ1) is 18.3. The molecule has 0 radical (unpaired) electrons. The summed E-state index contributed by atoms with van der Waals surface area (Å²) in [5, 5.41) is 7.40. The molecule has 1 aliphatic heterocycles. The molecule has 0 unspecified atom stereocenters. The van der Waals surface area contributed by atoms with Gasteiger partial charge in [0.1, 0.15) is 6.54 Å². The van der Waals surface area contributed by atoms with Crippen molar-refractivity contribution in [2.75, 3.05) is 44.7 Å². The highest BCUT2D eigenvalue weighted by Gasteiger charge is 2.28. The molecule has 134 valence electrons. The summed E-state index contributed by atoms with van der Waals surface area (Å²) < 4.78 is 7.12. The second-order valence-corrected chi connectivity index (χ2v) is 6.47. The molecule has 2 heterocycles. The monoisotopic (exact) mass is 336 g/mol. The van der Waals surface area contributed by atoms with Crippen LogP contribution in [-0.4, -0.2) is 72.0 Å². The lowest BCUT2D eigenvalue weighted by Gasteiger charge is -2.35. The molecule has 8 heteroatoms. The van der Waals surface area contributed by atoms with Crippen LogP contribution in [0.1, 0.15) is 20.8 Å². The van der Waals surface area contributed by atoms with Gasteiger partial charge < -0.3 is 19.9 Å². The van der Waals surface area contributed by atoms with Crippen molar-refractivity contribution in [3.05, 3.63) is 12.4 Å². The van der Waals surface area contributed by atoms with E-state index in [9.17, 15) is 4.79 Å². The largest absolute Gasteiger partial charge is 0.377 e. The van der Waals surface area contributed by atoms with Crippen molar-refractivity contribution in [2.24, 2.45) is 12.0 Å². The van der Waals surface area contributed by atoms with Crippen molar-refractivity contribution in [1.82, 2.24) is 20.0 Å². The molecule has 0 bridgehead atoms. The van der Waals surface area contributed by atoms with Crippen LogP contribution < -0.4 is 10.2 Å². The maximum Gasteiger partial charge on any atom is 0.246 e. The molecule has 1 N–H and O–H groups in total. The van der Waals surface area contributed by atoms with Crippen molar-refractivity contribution < 1.29 is 9.53 Å². The minimum atomic E-state index is -0.331. The van der Waals surface area contributed by atoms with Crippen LogP contribution in [0.25, 0.3) is 0 Å². The number of nitrogens with one attached hydrogen (secondary N) is 1. The average molecular weight is 336 g/mol. The van der Waals surface area contributed by atoms with Gasteiger partial charge in [-0.1, -0.05) is 0 Å². The van der Waals surface area contributed by atoms with Gasteiger partial charge in [-0.2, -0.15) is 5.10 Å². The number of nitrogens with zero attached hydrogens (tertiary/aromatic N) is 5. The van der Waals surface area contributed by atoms with E-state index in [2.05, 4.69) is 15.4 Å². The summed E-state index contributed by atoms with van der Waals surface area (Å²) in [7, 11) is 3.52. The lowest BCUT2D eigenvalue weighted by molar-refractivity contribution is -0.120. The Hall–Kier alpha value is -2.09. The highest BCUT2D eigenvalue weighted by molar-refractivity contribution is 5.98. The maximum atomic E-state index is 12.5. The SMILES string of the molecule is CCNC(=NCC(C)(C)OC)N1CCN(c2cnn(C)c2)C(=O)C1. The first-order valence-electron chi connectivity index (χ1n) is 8.23. The summed E-state index contributed by atoms with van der Waals surface area (Å²) in [4.78, 5) is 20.9. The van der Waals surface area contributed by atoms with Gasteiger partial charge in [0.05, 0.1) is 24.0 Å². The van der Waals surface area contributed by atoms with Crippen molar-refractivity contribution >= 4 is 17.6 Å². The molecule has 1 amide bonds. The topological polar surface area (TPSA) is 75.0 Å². The number of carbonyl (C=O) groups is 1. The van der Waals surface area contributed by atoms with Gasteiger partial charge in [0.25, 0.3) is 0 Å². The van der Waals surface area contributed by atoms with Gasteiger partial charge in [-0.3, -0.25) is 14.5 Å². The zero-order valence-electron chi connectivity index (χ0n) is 15.2. The number of hydrogen-bond donors (Lipinski definition) is 1. The lowest BCUT2D eigenvalue weighted by Crippen LogP contribution is -2.55. The number of anilines is 1. The fraction of sp³-hybridized carbons (Fsp3) is 0.688. The molecule has 8 nitrogen and oxygen atoms in total. The zero-order valence-corrected chi connectivity index (χ0v) is 15.2. The van der Waals surface area contributed by atoms with E-state index in [-0.39, 0.29) is 11.5 Å². The summed E-state index contributed by atoms with van der Waals surface area (Å²) in [5.41, 5.74) is 0.506. The predicted molar refractivity (Wildman–Crippen MR) is 94.2 cm³/mol. The Bertz CT molecular complexity index is 595. The van der Waals surface area contributed by atoms with Crippen LogP contribution in [0.5, 0.6) is 0 Å². The Morgan fingerprint density at radius 2 is 2.21 bits per heavy atom. The highest BCUT2D eigenvalue weighted by Crippen LogP contribution is 2.16. The number of aromatic nitrogens is 2. The molecule has 1 saturated heterocycles. The van der Waals surface area contributed by atoms with Crippen LogP contribution in [0.15, 0.2) is 17.4 Å². The fourth-order valence-corrected chi connectivity index (χ4v) is 2.43. The van der Waals surface area contributed by atoms with E-state index < -0.39 is 0 Å². The van der Waals surface area contributed by atoms with E-state index in [0.717, 1.165) is 24.7 Å². The van der Waals surface area contributed by atoms with Gasteiger partial charge in [-0.25, -0.2) is 0 Å². The zero-order chi connectivity index (χ0) is 17.7. The summed E-state index contributed by atoms with van der Waals surface area (Å²) in [6, 6.07) is 0. The number of guanidine groups is 1. The van der Waals surface area contributed by atoms with E-state index in [1.165, 1.54) is 0 Å². The molecule has 2 rings (SSSR count). The number of aryl methyl sites for hydroxylation is 1. The number of carbonyl (C=O) groups excluding carboxylic acids is 1. The third-order valence-electron chi connectivity index (χ3n) is 4.02. The predicted octanol–water partition coefficient (Wildman–Crippen LogP) is 0.459. The van der Waals surface area contributed by atoms with Gasteiger partial charge in [0.2, 0.25) is 5.91 Å². The van der Waals surface area contributed by atoms with E-state index in [1.54, 1.807) is 22.9 Å². The van der Waals surface area contributed by atoms with Crippen LogP contribution in [0.4, 0.5) is 5.69 Å². The Balaban J connectivity index is 2.06. The highest BCUT2D eigenvalue weighted by atomic mass is 16.5. The number of ether oxygens (including phenoxy) is 1. The number of amides is 1. The number of aliphatic imine (C=N–C) groups is 1. The molecule has 0 spiro atoms. The number of methoxy groups -OCH3 is 1. The molecule has 0 aliphatic carbocycles. The second-order valence-electron chi connectivity index (χ2n) is 6.47. The summed E-state index contributed by atoms with van der Waals surface area (Å²) in [5.74, 6) is 0.799. The van der Waals surface area contributed by atoms with Crippen LogP contribution >= 0.6 is 0 Å². The molecular formula is C16H28N6O2. The smallest absolute Gasteiger partial charge is 0.246 e. The van der Waals surface area contributed by atoms with Crippen LogP contribution in [0.3, 0.4) is 0 Å². The Labute approximate surface area is 143 Å². The first-order chi connectivity index (χ1) is 11.4. The first-order valence-corrected chi connectivity index (χ1v) is 8.23. The Kier molecular flexibility index (Phi) is 5.82. The molecule has 0 aromatic carbocycles. The Morgan fingerprint density at radius 1 is 1.46 bits per heavy atom. The van der Waals surface area contributed by atoms with Gasteiger partial charge >= 0.3 is 0 Å². The van der Waals surface area contributed by atoms with Gasteiger partial charge in [-0.15, -0.1) is 0 Å². The molecule has 0 saturated carbocycles. The minimum absolute atomic E-state index is 0.0471. The molecule has 24 heavy (non-hydrogen) atoms. The molecular weight excluding hydrogens is 308 g/mol. The second kappa shape index (κ2) is 7.65. The van der Waals surface area contributed by atoms with E-state index in [0.29, 0.717) is 19.6 Å². The molecule has 1 fully saturated rings. The van der Waals surface area contributed by atoms with Crippen molar-refractivity contribution in [3.63, 3.8) is 0 Å². The van der Waals surface area contributed by atoms with Crippen LogP contribution in [0.2, 0.25) is 0 Å². The molecule has 1 aromatic rings. The number of hydrogen-bond acceptors (Lipinski definition) is 4. The third kappa shape index (κ3) is 4.47. The normalized spacial score (nSPS) is 16.7. The lowest BCUT2D eigenvalue weighted by atomic mass is 10.1. The standard InChI is InChI=1S/C16H28N6O2/c1-6-17-15(18-12-16(2,3)24-5)21-7-8-22(14(23)11-21)13-9-19-20(4)10-13/h9-10H,6-8,11-12H2,1-5H3,(H,17,18). The van der Waals surface area contributed by atoms with Crippen molar-refractivity contribution in [2.45, 2.75) is 26.4 Å². The quantitative estimate of drug-likeness (QED) is 0.624. The van der Waals surface area contributed by atoms with Crippen LogP contribution in [-0.2, 0) is 16.6 Å². The minimum Gasteiger partial charge on any atom is -0.377 e. The fourth-order valence-electron chi connectivity index (χ4n) is 2.43. The van der Waals surface area contributed by atoms with E-state index in [4.69, 9.17) is 4.74 Å². The van der Waals surface area contributed by atoms with E-state index in [1.807, 2.05) is 38.9 Å². The Morgan fingerprint density at radius 3 is 2.75 bits per heavy atom. The summed E-state index contributed by atoms with van der Waals surface area (Å²) in [6.07, 6.45) is 3.57. The van der Waals surface area contributed by atoms with Crippen molar-refractivity contribution in [1.29, 1.82) is 0 Å². The number of piperazine rings is 1. The van der Waals surface area contributed by atoms with Gasteiger partial charge in [0, 0.05) is 40.0 Å². The van der Waals surface area contributed by atoms with Gasteiger partial charge in [-0.05, 0) is 20.8 Å². The summed E-state index contributed by atoms with van der Waals surface area (Å²) in [6.45, 7) is 8.92. The van der Waals surface area contributed by atoms with E-state index >= 15 is 0 Å². The van der Waals surface area contributed by atoms with Crippen molar-refractivity contribution in [3.8, 4) is 0 Å². The molecule has 0 atom stereocenters. The molecule has 1 aliphatic rings. The maximum absolute atomic E-state index is 12.5. The molecule has 1 aromatic heterocycles. The average Bonchev–Trinajstić information content (AvgIpc) is 2.97. The third-order valence-corrected chi connectivity index (χ3v) is 4.02.